The predicted octanol–water partition coefficient (Wildman–Crippen LogP) is 1.89. The fourth-order valence-electron chi connectivity index (χ4n) is 3.07. The van der Waals surface area contributed by atoms with Crippen molar-refractivity contribution >= 4 is 53.7 Å². The second-order valence-electron chi connectivity index (χ2n) is 5.60. The summed E-state index contributed by atoms with van der Waals surface area (Å²) in [7, 11) is 0.0650. The number of benzene rings is 2. The molecule has 28 heavy (non-hydrogen) atoms. The largest absolute Gasteiger partial charge is 1.00 e. The van der Waals surface area contributed by atoms with Crippen molar-refractivity contribution in [1.29, 1.82) is 5.26 Å². The zero-order valence-corrected chi connectivity index (χ0v) is 25.1. The standard InChI is InChI=1S/C9H8O2.C9H10O.CN.B.2HI.Na.Zn/c10-8-3-1-2-6-7(8)4-5-9(6)11;10-9-6-2-4-7-3-1-5-8(7)9;1-2;;;;;/h1-3,10H,4-5H2;2,4,6,10H,1,3,5H2;;;2*1H;;/q;;-1;;;;+1;+2/p-2. The van der Waals surface area contributed by atoms with Crippen molar-refractivity contribution < 1.29 is 54.7 Å². The van der Waals surface area contributed by atoms with E-state index in [1.54, 1.807) is 24.3 Å². The molecule has 0 spiro atoms. The van der Waals surface area contributed by atoms with Gasteiger partial charge in [-0.15, -0.1) is 0 Å². The molecule has 9 heteroatoms. The van der Waals surface area contributed by atoms with Gasteiger partial charge < -0.3 is 22.0 Å². The molecule has 0 bridgehead atoms. The number of nitrogens with zero attached hydrogens (tertiary/aromatic N) is 1. The number of ketones is 1. The number of phenolic OH excluding ortho intramolecular Hbond substituents is 2. The van der Waals surface area contributed by atoms with E-state index in [1.165, 1.54) is 17.5 Å². The fourth-order valence-corrected chi connectivity index (χ4v) is 3.07. The number of fused-ring (bicyclic) bond motifs is 2. The van der Waals surface area contributed by atoms with Crippen LogP contribution >= 0.6 is 39.5 Å². The molecular weight excluding hydrogens is 643 g/mol. The Balaban J connectivity index is 0. The average molecular weight is 661 g/mol. The second-order valence-corrected chi connectivity index (χ2v) is 29.1. The average Bonchev–Trinajstić information content (AvgIpc) is 3.27. The number of phenols is 2. The van der Waals surface area contributed by atoms with Gasteiger partial charge >= 0.3 is 79.2 Å². The summed E-state index contributed by atoms with van der Waals surface area (Å²) in [4.78, 5) is 11.1. The number of halogens is 2. The normalized spacial score (nSPS) is 11.8. The molecule has 137 valence electrons. The summed E-state index contributed by atoms with van der Waals surface area (Å²) in [6.45, 7) is 4.75. The Kier molecular flexibility index (Phi) is 18.6. The third-order valence-corrected chi connectivity index (χ3v) is 4.17. The molecule has 2 aliphatic rings. The molecule has 0 amide bonds. The van der Waals surface area contributed by atoms with Gasteiger partial charge in [-0.05, 0) is 48.9 Å². The maximum Gasteiger partial charge on any atom is 1.00 e. The Hall–Kier alpha value is 0.348. The van der Waals surface area contributed by atoms with E-state index in [-0.39, 0.29) is 59.6 Å². The van der Waals surface area contributed by atoms with Gasteiger partial charge in [0, 0.05) is 26.0 Å². The Labute approximate surface area is 219 Å². The Bertz CT molecular complexity index is 778. The van der Waals surface area contributed by atoms with Crippen LogP contribution in [0.25, 0.3) is 0 Å². The molecule has 2 N–H and O–H groups in total. The van der Waals surface area contributed by atoms with Crippen molar-refractivity contribution in [3.63, 3.8) is 0 Å². The number of carbonyl (C=O) groups excluding carboxylic acids is 1. The topological polar surface area (TPSA) is 81.3 Å². The van der Waals surface area contributed by atoms with E-state index in [2.05, 4.69) is 45.6 Å². The van der Waals surface area contributed by atoms with Gasteiger partial charge in [0.2, 0.25) is 0 Å². The molecule has 3 radical (unpaired) electrons. The SMILES string of the molecule is O=C1CCc2c(O)cccc21.Oc1cccc2c1CCC2.[B].[C-]#N.[I][Zn][I].[Na+]. The van der Waals surface area contributed by atoms with Crippen LogP contribution in [0, 0.1) is 11.8 Å². The van der Waals surface area contributed by atoms with E-state index in [0.717, 1.165) is 18.4 Å². The van der Waals surface area contributed by atoms with E-state index in [0.29, 0.717) is 24.2 Å². The maximum atomic E-state index is 11.1. The Morgan fingerprint density at radius 1 is 0.893 bits per heavy atom. The molecule has 2 aromatic rings. The third kappa shape index (κ3) is 9.01. The molecule has 0 unspecified atom stereocenters. The number of hydrogen-bond acceptors (Lipinski definition) is 4. The van der Waals surface area contributed by atoms with E-state index < -0.39 is 0 Å². The molecule has 0 atom stereocenters. The Morgan fingerprint density at radius 3 is 1.96 bits per heavy atom. The van der Waals surface area contributed by atoms with Gasteiger partial charge in [-0.1, -0.05) is 24.3 Å². The van der Waals surface area contributed by atoms with Gasteiger partial charge in [0.25, 0.3) is 0 Å². The van der Waals surface area contributed by atoms with Crippen LogP contribution in [-0.4, -0.2) is 24.4 Å². The van der Waals surface area contributed by atoms with Gasteiger partial charge in [0.05, 0.1) is 0 Å². The summed E-state index contributed by atoms with van der Waals surface area (Å²) in [5, 5.41) is 24.9. The third-order valence-electron chi connectivity index (χ3n) is 4.17. The first-order valence-electron chi connectivity index (χ1n) is 8.06. The number of Topliss-reactive ketones (excluding diaryl/α,β-unsaturated/α-hetero) is 1. The monoisotopic (exact) mass is 660 g/mol. The van der Waals surface area contributed by atoms with Crippen LogP contribution in [-0.2, 0) is 29.4 Å². The van der Waals surface area contributed by atoms with Crippen LogP contribution < -0.4 is 29.6 Å². The number of aromatic hydroxyl groups is 2. The van der Waals surface area contributed by atoms with Gasteiger partial charge in [-0.3, -0.25) is 4.79 Å². The molecule has 0 aromatic heterocycles. The number of carbonyl (C=O) groups is 1. The van der Waals surface area contributed by atoms with Crippen molar-refractivity contribution in [2.24, 2.45) is 0 Å². The van der Waals surface area contributed by atoms with Crippen LogP contribution in [0.15, 0.2) is 36.4 Å². The van der Waals surface area contributed by atoms with E-state index in [4.69, 9.17) is 11.8 Å². The van der Waals surface area contributed by atoms with Crippen molar-refractivity contribution in [2.45, 2.75) is 32.1 Å². The van der Waals surface area contributed by atoms with Crippen LogP contribution in [0.1, 0.15) is 39.9 Å². The van der Waals surface area contributed by atoms with E-state index in [9.17, 15) is 15.0 Å². The number of aryl methyl sites for hydroxylation is 1. The summed E-state index contributed by atoms with van der Waals surface area (Å²) in [5.74, 6) is 0.888. The van der Waals surface area contributed by atoms with Gasteiger partial charge in [0.1, 0.15) is 11.5 Å². The Morgan fingerprint density at radius 2 is 1.43 bits per heavy atom. The number of rotatable bonds is 0. The zero-order chi connectivity index (χ0) is 19.5. The molecule has 0 heterocycles. The summed E-state index contributed by atoms with van der Waals surface area (Å²) in [6.07, 6.45) is 4.65. The summed E-state index contributed by atoms with van der Waals surface area (Å²) < 4.78 is 0. The first-order chi connectivity index (χ1) is 12.6. The van der Waals surface area contributed by atoms with Crippen molar-refractivity contribution in [2.75, 3.05) is 0 Å². The summed E-state index contributed by atoms with van der Waals surface area (Å²) in [6, 6.07) is 10.9. The van der Waals surface area contributed by atoms with Gasteiger partial charge in [0.15, 0.2) is 5.78 Å². The second kappa shape index (κ2) is 17.1. The first-order valence-corrected chi connectivity index (χ1v) is 26.2. The zero-order valence-electron chi connectivity index (χ0n) is 15.8. The number of hydrogen-bond donors (Lipinski definition) is 2. The molecule has 0 saturated carbocycles. The van der Waals surface area contributed by atoms with Crippen LogP contribution in [0.3, 0.4) is 0 Å². The van der Waals surface area contributed by atoms with Crippen molar-refractivity contribution in [3.05, 3.63) is 65.2 Å². The van der Waals surface area contributed by atoms with Crippen LogP contribution in [0.5, 0.6) is 11.5 Å². The molecular formula is C19H18BI2NNaO3Zn. The smallest absolute Gasteiger partial charge is 1.00 e. The molecule has 2 aromatic carbocycles. The van der Waals surface area contributed by atoms with E-state index in [1.807, 2.05) is 6.07 Å². The molecule has 2 aliphatic carbocycles. The van der Waals surface area contributed by atoms with Gasteiger partial charge in [-0.25, -0.2) is 0 Å². The van der Waals surface area contributed by atoms with E-state index >= 15 is 0 Å². The predicted molar refractivity (Wildman–Crippen MR) is 120 cm³/mol. The quantitative estimate of drug-likeness (QED) is 0.257. The fraction of sp³-hybridized carbons (Fsp3) is 0.263. The molecule has 4 rings (SSSR count). The molecule has 4 nitrogen and oxygen atoms in total. The minimum absolute atomic E-state index is 0. The van der Waals surface area contributed by atoms with Crippen LogP contribution in [0.4, 0.5) is 0 Å². The van der Waals surface area contributed by atoms with Gasteiger partial charge in [-0.2, -0.15) is 0 Å². The summed E-state index contributed by atoms with van der Waals surface area (Å²) >= 11 is 4.93. The minimum Gasteiger partial charge on any atom is 1.00 e. The van der Waals surface area contributed by atoms with Crippen molar-refractivity contribution in [3.8, 4) is 11.5 Å². The molecule has 0 fully saturated rings. The minimum atomic E-state index is 0. The molecule has 0 aliphatic heterocycles. The summed E-state index contributed by atoms with van der Waals surface area (Å²) in [5.41, 5.74) is 4.02. The molecule has 0 saturated heterocycles. The van der Waals surface area contributed by atoms with Crippen LogP contribution in [0.2, 0.25) is 0 Å². The van der Waals surface area contributed by atoms with Crippen molar-refractivity contribution in [1.82, 2.24) is 0 Å². The maximum absolute atomic E-state index is 11.1. The first kappa shape index (κ1) is 30.5.